The smallest absolute Gasteiger partial charge is 0.223 e. The Bertz CT molecular complexity index is 760. The largest absolute Gasteiger partial charge is 0.483 e. The first kappa shape index (κ1) is 17.1. The quantitative estimate of drug-likeness (QED) is 0.906. The molecule has 7 nitrogen and oxygen atoms in total. The third kappa shape index (κ3) is 3.23. The van der Waals surface area contributed by atoms with Gasteiger partial charge in [-0.05, 0) is 19.1 Å². The summed E-state index contributed by atoms with van der Waals surface area (Å²) in [5, 5.41) is 14.9. The first-order valence-electron chi connectivity index (χ1n) is 9.33. The van der Waals surface area contributed by atoms with Gasteiger partial charge in [-0.2, -0.15) is 5.10 Å². The number of hydrogen-bond acceptors (Lipinski definition) is 5. The molecule has 2 aromatic rings. The van der Waals surface area contributed by atoms with Crippen LogP contribution in [0.4, 0.5) is 0 Å². The summed E-state index contributed by atoms with van der Waals surface area (Å²) in [6.07, 6.45) is 5.97. The molecule has 0 radical (unpaired) electrons. The molecule has 1 fully saturated rings. The van der Waals surface area contributed by atoms with Crippen LogP contribution >= 0.6 is 0 Å². The number of amides is 1. The van der Waals surface area contributed by atoms with Gasteiger partial charge in [0.1, 0.15) is 23.2 Å². The predicted molar refractivity (Wildman–Crippen MR) is 93.7 cm³/mol. The van der Waals surface area contributed by atoms with E-state index in [-0.39, 0.29) is 5.91 Å². The van der Waals surface area contributed by atoms with Crippen LogP contribution in [0.25, 0.3) is 0 Å². The van der Waals surface area contributed by atoms with Crippen LogP contribution in [0.5, 0.6) is 5.75 Å². The Morgan fingerprint density at radius 1 is 1.42 bits per heavy atom. The van der Waals surface area contributed by atoms with Gasteiger partial charge in [0.25, 0.3) is 0 Å². The molecule has 4 rings (SSSR count). The van der Waals surface area contributed by atoms with Crippen LogP contribution in [0.15, 0.2) is 29.0 Å². The van der Waals surface area contributed by atoms with Gasteiger partial charge in [0.15, 0.2) is 5.75 Å². The molecule has 0 aromatic carbocycles. The Hall–Kier alpha value is -2.28. The summed E-state index contributed by atoms with van der Waals surface area (Å²) in [6, 6.07) is 3.73. The van der Waals surface area contributed by atoms with Crippen molar-refractivity contribution in [1.29, 1.82) is 0 Å². The van der Waals surface area contributed by atoms with E-state index < -0.39 is 11.7 Å². The normalized spacial score (nSPS) is 21.5. The minimum atomic E-state index is -0.604. The lowest BCUT2D eigenvalue weighted by molar-refractivity contribution is -0.136. The van der Waals surface area contributed by atoms with Crippen molar-refractivity contribution in [1.82, 2.24) is 14.7 Å². The molecule has 1 unspecified atom stereocenters. The van der Waals surface area contributed by atoms with Crippen LogP contribution in [-0.4, -0.2) is 44.4 Å². The van der Waals surface area contributed by atoms with E-state index in [0.29, 0.717) is 43.8 Å². The number of carbonyl (C=O) groups is 1. The van der Waals surface area contributed by atoms with Crippen molar-refractivity contribution in [2.24, 2.45) is 0 Å². The van der Waals surface area contributed by atoms with Crippen molar-refractivity contribution in [2.45, 2.75) is 57.3 Å². The second kappa shape index (κ2) is 6.79. The summed E-state index contributed by atoms with van der Waals surface area (Å²) in [6.45, 7) is 4.06. The molecule has 1 saturated heterocycles. The number of carbonyl (C=O) groups excluding carboxylic acids is 1. The highest BCUT2D eigenvalue weighted by atomic mass is 16.5. The van der Waals surface area contributed by atoms with Crippen LogP contribution in [-0.2, 0) is 17.8 Å². The Morgan fingerprint density at radius 3 is 2.92 bits per heavy atom. The second-order valence-electron chi connectivity index (χ2n) is 7.20. The lowest BCUT2D eigenvalue weighted by Gasteiger charge is -2.44. The number of aromatic nitrogens is 2. The number of hydrogen-bond donors (Lipinski definition) is 1. The van der Waals surface area contributed by atoms with Crippen LogP contribution in [0.1, 0.15) is 50.2 Å². The summed E-state index contributed by atoms with van der Waals surface area (Å²) in [4.78, 5) is 14.3. The Labute approximate surface area is 152 Å². The SMILES string of the molecule is CCn1cc2c(n1)C(O)CC1(CCN(C(=O)CCc3ccco3)CC1)O2. The second-order valence-corrected chi connectivity index (χ2v) is 7.20. The molecule has 0 bridgehead atoms. The highest BCUT2D eigenvalue weighted by molar-refractivity contribution is 5.76. The first-order valence-corrected chi connectivity index (χ1v) is 9.33. The maximum Gasteiger partial charge on any atom is 0.223 e. The van der Waals surface area contributed by atoms with Crippen molar-refractivity contribution >= 4 is 5.91 Å². The van der Waals surface area contributed by atoms with Gasteiger partial charge in [0, 0.05) is 51.7 Å². The molecule has 2 aliphatic rings. The van der Waals surface area contributed by atoms with Crippen LogP contribution in [0.3, 0.4) is 0 Å². The molecular weight excluding hydrogens is 334 g/mol. The van der Waals surface area contributed by atoms with Gasteiger partial charge in [-0.25, -0.2) is 0 Å². The minimum Gasteiger partial charge on any atom is -0.483 e. The van der Waals surface area contributed by atoms with E-state index in [1.54, 1.807) is 10.9 Å². The average Bonchev–Trinajstić information content (AvgIpc) is 3.29. The summed E-state index contributed by atoms with van der Waals surface area (Å²) < 4.78 is 13.3. The molecule has 1 amide bonds. The fourth-order valence-corrected chi connectivity index (χ4v) is 3.93. The molecular formula is C19H25N3O4. The van der Waals surface area contributed by atoms with Crippen molar-refractivity contribution in [3.05, 3.63) is 36.0 Å². The molecule has 26 heavy (non-hydrogen) atoms. The standard InChI is InChI=1S/C19H25N3O4/c1-2-22-13-16-18(20-22)15(23)12-19(26-16)7-9-21(10-8-19)17(24)6-5-14-4-3-11-25-14/h3-4,11,13,15,23H,2,5-10,12H2,1H3. The van der Waals surface area contributed by atoms with Crippen LogP contribution < -0.4 is 4.74 Å². The van der Waals surface area contributed by atoms with Crippen molar-refractivity contribution in [3.63, 3.8) is 0 Å². The average molecular weight is 359 g/mol. The van der Waals surface area contributed by atoms with Gasteiger partial charge in [0.2, 0.25) is 5.91 Å². The summed E-state index contributed by atoms with van der Waals surface area (Å²) in [5.41, 5.74) is 0.237. The fourth-order valence-electron chi connectivity index (χ4n) is 3.93. The number of ether oxygens (including phenoxy) is 1. The highest BCUT2D eigenvalue weighted by Gasteiger charge is 2.44. The monoisotopic (exact) mass is 359 g/mol. The number of aliphatic hydroxyl groups is 1. The number of aryl methyl sites for hydroxylation is 2. The zero-order valence-electron chi connectivity index (χ0n) is 15.1. The predicted octanol–water partition coefficient (Wildman–Crippen LogP) is 2.31. The minimum absolute atomic E-state index is 0.145. The molecule has 0 saturated carbocycles. The van der Waals surface area contributed by atoms with Gasteiger partial charge in [-0.3, -0.25) is 9.48 Å². The van der Waals surface area contributed by atoms with Crippen LogP contribution in [0.2, 0.25) is 0 Å². The van der Waals surface area contributed by atoms with E-state index in [9.17, 15) is 9.90 Å². The third-order valence-electron chi connectivity index (χ3n) is 5.48. The maximum atomic E-state index is 12.5. The molecule has 2 aromatic heterocycles. The number of likely N-dealkylation sites (tertiary alicyclic amines) is 1. The number of rotatable bonds is 4. The third-order valence-corrected chi connectivity index (χ3v) is 5.48. The van der Waals surface area contributed by atoms with E-state index in [2.05, 4.69) is 5.10 Å². The summed E-state index contributed by atoms with van der Waals surface area (Å²) in [5.74, 6) is 1.67. The first-order chi connectivity index (χ1) is 12.6. The zero-order chi connectivity index (χ0) is 18.1. The maximum absolute atomic E-state index is 12.5. The molecule has 140 valence electrons. The molecule has 1 spiro atoms. The van der Waals surface area contributed by atoms with Crippen molar-refractivity contribution in [3.8, 4) is 5.75 Å². The van der Waals surface area contributed by atoms with E-state index in [1.807, 2.05) is 30.2 Å². The van der Waals surface area contributed by atoms with Gasteiger partial charge >= 0.3 is 0 Å². The van der Waals surface area contributed by atoms with Crippen molar-refractivity contribution in [2.75, 3.05) is 13.1 Å². The van der Waals surface area contributed by atoms with E-state index in [4.69, 9.17) is 9.15 Å². The topological polar surface area (TPSA) is 80.7 Å². The Morgan fingerprint density at radius 2 is 2.23 bits per heavy atom. The van der Waals surface area contributed by atoms with E-state index in [1.165, 1.54) is 0 Å². The van der Waals surface area contributed by atoms with Gasteiger partial charge in [-0.1, -0.05) is 0 Å². The number of piperidine rings is 1. The van der Waals surface area contributed by atoms with Gasteiger partial charge < -0.3 is 19.2 Å². The molecule has 7 heteroatoms. The van der Waals surface area contributed by atoms with Crippen LogP contribution in [0, 0.1) is 0 Å². The fraction of sp³-hybridized carbons (Fsp3) is 0.579. The lowest BCUT2D eigenvalue weighted by atomic mass is 9.83. The molecule has 1 N–H and O–H groups in total. The highest BCUT2D eigenvalue weighted by Crippen LogP contribution is 2.43. The van der Waals surface area contributed by atoms with Gasteiger partial charge in [0.05, 0.1) is 12.5 Å². The Balaban J connectivity index is 1.36. The molecule has 1 atom stereocenters. The molecule has 0 aliphatic carbocycles. The Kier molecular flexibility index (Phi) is 4.48. The summed E-state index contributed by atoms with van der Waals surface area (Å²) >= 11 is 0. The number of nitrogens with zero attached hydrogens (tertiary/aromatic N) is 3. The van der Waals surface area contributed by atoms with Crippen molar-refractivity contribution < 1.29 is 19.1 Å². The number of furan rings is 1. The lowest BCUT2D eigenvalue weighted by Crippen LogP contribution is -2.51. The number of fused-ring (bicyclic) bond motifs is 1. The molecule has 4 heterocycles. The van der Waals surface area contributed by atoms with E-state index in [0.717, 1.165) is 25.1 Å². The zero-order valence-corrected chi connectivity index (χ0v) is 15.1. The van der Waals surface area contributed by atoms with Gasteiger partial charge in [-0.15, -0.1) is 0 Å². The summed E-state index contributed by atoms with van der Waals surface area (Å²) in [7, 11) is 0. The molecule has 2 aliphatic heterocycles. The van der Waals surface area contributed by atoms with E-state index >= 15 is 0 Å². The number of aliphatic hydroxyl groups excluding tert-OH is 1.